The number of aryl methyl sites for hydroxylation is 2. The first-order valence-electron chi connectivity index (χ1n) is 4.57. The van der Waals surface area contributed by atoms with E-state index < -0.39 is 0 Å². The Kier molecular flexibility index (Phi) is 1.84. The van der Waals surface area contributed by atoms with Crippen molar-refractivity contribution in [2.24, 2.45) is 0 Å². The molecule has 0 aliphatic rings. The summed E-state index contributed by atoms with van der Waals surface area (Å²) in [6, 6.07) is 7.39. The lowest BCUT2D eigenvalue weighted by molar-refractivity contribution is 0.476. The van der Waals surface area contributed by atoms with Gasteiger partial charge in [0.2, 0.25) is 0 Å². The molecule has 2 aromatic carbocycles. The van der Waals surface area contributed by atoms with Gasteiger partial charge in [0.15, 0.2) is 0 Å². The average molecular weight is 187 g/mol. The Labute approximate surface area is 83.0 Å². The van der Waals surface area contributed by atoms with E-state index in [-0.39, 0.29) is 0 Å². The largest absolute Gasteiger partial charge is 0.508 e. The molecule has 3 N–H and O–H groups in total. The topological polar surface area (TPSA) is 46.2 Å². The molecule has 0 saturated heterocycles. The van der Waals surface area contributed by atoms with Crippen molar-refractivity contribution in [2.75, 3.05) is 5.73 Å². The van der Waals surface area contributed by atoms with Crippen molar-refractivity contribution in [1.82, 2.24) is 0 Å². The van der Waals surface area contributed by atoms with Gasteiger partial charge in [0.1, 0.15) is 5.75 Å². The van der Waals surface area contributed by atoms with Gasteiger partial charge < -0.3 is 10.8 Å². The van der Waals surface area contributed by atoms with E-state index in [1.54, 1.807) is 12.1 Å². The van der Waals surface area contributed by atoms with Crippen LogP contribution in [0.2, 0.25) is 0 Å². The standard InChI is InChI=1S/C12H13NO/c1-7-3-9(13)5-11-8(2)4-10(14)6-12(7)11/h3-6,14H,13H2,1-2H3. The van der Waals surface area contributed by atoms with Crippen molar-refractivity contribution in [3.05, 3.63) is 35.4 Å². The molecule has 0 spiro atoms. The van der Waals surface area contributed by atoms with E-state index >= 15 is 0 Å². The van der Waals surface area contributed by atoms with Crippen LogP contribution in [0.4, 0.5) is 5.69 Å². The van der Waals surface area contributed by atoms with Crippen LogP contribution in [-0.2, 0) is 0 Å². The van der Waals surface area contributed by atoms with Crippen LogP contribution in [0.3, 0.4) is 0 Å². The molecular formula is C12H13NO. The number of phenols is 1. The number of rotatable bonds is 0. The van der Waals surface area contributed by atoms with Crippen LogP contribution < -0.4 is 5.73 Å². The first-order valence-corrected chi connectivity index (χ1v) is 4.57. The van der Waals surface area contributed by atoms with Crippen molar-refractivity contribution in [3.63, 3.8) is 0 Å². The lowest BCUT2D eigenvalue weighted by atomic mass is 10.0. The minimum absolute atomic E-state index is 0.308. The van der Waals surface area contributed by atoms with Crippen LogP contribution in [0.25, 0.3) is 10.8 Å². The molecule has 0 radical (unpaired) electrons. The van der Waals surface area contributed by atoms with Gasteiger partial charge in [0.05, 0.1) is 0 Å². The summed E-state index contributed by atoms with van der Waals surface area (Å²) in [7, 11) is 0. The summed E-state index contributed by atoms with van der Waals surface area (Å²) in [5, 5.41) is 11.7. The fourth-order valence-electron chi connectivity index (χ4n) is 1.83. The lowest BCUT2D eigenvalue weighted by Gasteiger charge is -2.07. The highest BCUT2D eigenvalue weighted by molar-refractivity contribution is 5.92. The Bertz CT molecular complexity index is 456. The number of phenolic OH excluding ortho intramolecular Hbond substituents is 1. The highest BCUT2D eigenvalue weighted by atomic mass is 16.3. The molecule has 0 heterocycles. The predicted octanol–water partition coefficient (Wildman–Crippen LogP) is 2.74. The maximum Gasteiger partial charge on any atom is 0.116 e. The third kappa shape index (κ3) is 1.29. The third-order valence-electron chi connectivity index (χ3n) is 2.49. The Morgan fingerprint density at radius 2 is 1.50 bits per heavy atom. The van der Waals surface area contributed by atoms with Gasteiger partial charge in [-0.1, -0.05) is 0 Å². The van der Waals surface area contributed by atoms with Crippen molar-refractivity contribution in [2.45, 2.75) is 13.8 Å². The van der Waals surface area contributed by atoms with Gasteiger partial charge in [-0.15, -0.1) is 0 Å². The van der Waals surface area contributed by atoms with Crippen LogP contribution in [0.5, 0.6) is 5.75 Å². The summed E-state index contributed by atoms with van der Waals surface area (Å²) < 4.78 is 0. The molecule has 2 heteroatoms. The van der Waals surface area contributed by atoms with Gasteiger partial charge in [-0.2, -0.15) is 0 Å². The number of nitrogen functional groups attached to an aromatic ring is 1. The van der Waals surface area contributed by atoms with E-state index in [0.717, 1.165) is 27.6 Å². The van der Waals surface area contributed by atoms with Crippen molar-refractivity contribution in [1.29, 1.82) is 0 Å². The quantitative estimate of drug-likeness (QED) is 0.623. The molecule has 2 nitrogen and oxygen atoms in total. The van der Waals surface area contributed by atoms with Gasteiger partial charge in [-0.05, 0) is 60.0 Å². The Balaban J connectivity index is 2.94. The number of benzene rings is 2. The fraction of sp³-hybridized carbons (Fsp3) is 0.167. The zero-order chi connectivity index (χ0) is 10.3. The monoisotopic (exact) mass is 187 g/mol. The molecule has 0 saturated carbocycles. The van der Waals surface area contributed by atoms with E-state index in [9.17, 15) is 5.11 Å². The zero-order valence-corrected chi connectivity index (χ0v) is 8.33. The van der Waals surface area contributed by atoms with Gasteiger partial charge >= 0.3 is 0 Å². The summed E-state index contributed by atoms with van der Waals surface area (Å²) in [4.78, 5) is 0. The summed E-state index contributed by atoms with van der Waals surface area (Å²) in [5.74, 6) is 0.308. The molecule has 0 unspecified atom stereocenters. The first kappa shape index (κ1) is 8.88. The molecule has 0 aliphatic carbocycles. The van der Waals surface area contributed by atoms with E-state index in [0.29, 0.717) is 5.75 Å². The Morgan fingerprint density at radius 3 is 2.21 bits per heavy atom. The van der Waals surface area contributed by atoms with Crippen LogP contribution in [0.1, 0.15) is 11.1 Å². The van der Waals surface area contributed by atoms with E-state index in [2.05, 4.69) is 0 Å². The molecule has 0 atom stereocenters. The number of fused-ring (bicyclic) bond motifs is 1. The normalized spacial score (nSPS) is 10.7. The SMILES string of the molecule is Cc1cc(O)cc2c(C)cc(N)cc12. The molecule has 0 aromatic heterocycles. The predicted molar refractivity (Wildman–Crippen MR) is 59.5 cm³/mol. The number of hydrogen-bond acceptors (Lipinski definition) is 2. The molecule has 0 aliphatic heterocycles. The summed E-state index contributed by atoms with van der Waals surface area (Å²) in [5.41, 5.74) is 8.68. The van der Waals surface area contributed by atoms with Crippen LogP contribution in [0.15, 0.2) is 24.3 Å². The second-order valence-corrected chi connectivity index (χ2v) is 3.70. The van der Waals surface area contributed by atoms with E-state index in [1.165, 1.54) is 0 Å². The molecule has 0 amide bonds. The molecule has 2 rings (SSSR count). The van der Waals surface area contributed by atoms with Crippen molar-refractivity contribution < 1.29 is 5.11 Å². The Morgan fingerprint density at radius 1 is 0.929 bits per heavy atom. The van der Waals surface area contributed by atoms with Crippen LogP contribution >= 0.6 is 0 Å². The Hall–Kier alpha value is -1.70. The minimum Gasteiger partial charge on any atom is -0.508 e. The van der Waals surface area contributed by atoms with E-state index in [4.69, 9.17) is 5.73 Å². The second kappa shape index (κ2) is 2.91. The third-order valence-corrected chi connectivity index (χ3v) is 2.49. The van der Waals surface area contributed by atoms with Crippen LogP contribution in [-0.4, -0.2) is 5.11 Å². The highest BCUT2D eigenvalue weighted by Gasteiger charge is 2.03. The van der Waals surface area contributed by atoms with Gasteiger partial charge in [0.25, 0.3) is 0 Å². The zero-order valence-electron chi connectivity index (χ0n) is 8.33. The van der Waals surface area contributed by atoms with Gasteiger partial charge in [-0.25, -0.2) is 0 Å². The number of aromatic hydroxyl groups is 1. The average Bonchev–Trinajstić information content (AvgIpc) is 2.07. The minimum atomic E-state index is 0.308. The number of anilines is 1. The van der Waals surface area contributed by atoms with Gasteiger partial charge in [-0.3, -0.25) is 0 Å². The van der Waals surface area contributed by atoms with Crippen molar-refractivity contribution in [3.8, 4) is 5.75 Å². The second-order valence-electron chi connectivity index (χ2n) is 3.70. The molecule has 2 aromatic rings. The van der Waals surface area contributed by atoms with E-state index in [1.807, 2.05) is 26.0 Å². The highest BCUT2D eigenvalue weighted by Crippen LogP contribution is 2.28. The summed E-state index contributed by atoms with van der Waals surface area (Å²) in [6.07, 6.45) is 0. The molecule has 0 fully saturated rings. The van der Waals surface area contributed by atoms with Gasteiger partial charge in [0, 0.05) is 5.69 Å². The summed E-state index contributed by atoms with van der Waals surface area (Å²) >= 11 is 0. The van der Waals surface area contributed by atoms with Crippen LogP contribution in [0, 0.1) is 13.8 Å². The molecule has 14 heavy (non-hydrogen) atoms. The lowest BCUT2D eigenvalue weighted by Crippen LogP contribution is -1.89. The summed E-state index contributed by atoms with van der Waals surface area (Å²) in [6.45, 7) is 3.97. The maximum atomic E-state index is 9.47. The molecule has 72 valence electrons. The first-order chi connectivity index (χ1) is 6.58. The maximum absolute atomic E-state index is 9.47. The number of nitrogens with two attached hydrogens (primary N) is 1. The van der Waals surface area contributed by atoms with Crippen molar-refractivity contribution >= 4 is 16.5 Å². The smallest absolute Gasteiger partial charge is 0.116 e. The fourth-order valence-corrected chi connectivity index (χ4v) is 1.83. The molecule has 0 bridgehead atoms. The molecular weight excluding hydrogens is 174 g/mol. The number of hydrogen-bond donors (Lipinski definition) is 2.